The number of benzene rings is 1. The molecule has 22 heavy (non-hydrogen) atoms. The Morgan fingerprint density at radius 3 is 2.45 bits per heavy atom. The van der Waals surface area contributed by atoms with Gasteiger partial charge in [-0.3, -0.25) is 19.8 Å². The van der Waals surface area contributed by atoms with E-state index in [2.05, 4.69) is 41.5 Å². The lowest BCUT2D eigenvalue weighted by atomic mass is 9.90. The van der Waals surface area contributed by atoms with Crippen LogP contribution in [0.15, 0.2) is 24.3 Å². The fraction of sp³-hybridized carbons (Fsp3) is 0.529. The van der Waals surface area contributed by atoms with Crippen molar-refractivity contribution in [2.24, 2.45) is 0 Å². The molecule has 3 rings (SSSR count). The number of anilines is 1. The van der Waals surface area contributed by atoms with E-state index in [9.17, 15) is 9.59 Å². The van der Waals surface area contributed by atoms with Crippen molar-refractivity contribution in [2.75, 3.05) is 18.4 Å². The van der Waals surface area contributed by atoms with Crippen molar-refractivity contribution < 1.29 is 9.59 Å². The van der Waals surface area contributed by atoms with Crippen LogP contribution in [0.4, 0.5) is 5.69 Å². The summed E-state index contributed by atoms with van der Waals surface area (Å²) in [5.74, 6) is 0.206. The topological polar surface area (TPSA) is 61.4 Å². The molecule has 118 valence electrons. The molecular weight excluding hydrogens is 278 g/mol. The van der Waals surface area contributed by atoms with Crippen LogP contribution in [0.2, 0.25) is 0 Å². The fourth-order valence-corrected chi connectivity index (χ4v) is 3.03. The lowest BCUT2D eigenvalue weighted by molar-refractivity contribution is -0.133. The van der Waals surface area contributed by atoms with Crippen molar-refractivity contribution in [2.45, 2.75) is 44.7 Å². The highest BCUT2D eigenvalue weighted by Gasteiger charge is 2.30. The van der Waals surface area contributed by atoms with Gasteiger partial charge in [0.15, 0.2) is 0 Å². The number of amides is 2. The minimum Gasteiger partial charge on any atom is -0.374 e. The van der Waals surface area contributed by atoms with Crippen LogP contribution >= 0.6 is 0 Å². The van der Waals surface area contributed by atoms with Gasteiger partial charge in [-0.05, 0) is 38.0 Å². The van der Waals surface area contributed by atoms with Gasteiger partial charge in [0.1, 0.15) is 6.04 Å². The van der Waals surface area contributed by atoms with Gasteiger partial charge in [0, 0.05) is 37.2 Å². The Balaban J connectivity index is 1.56. The highest BCUT2D eigenvalue weighted by molar-refractivity contribution is 6.01. The van der Waals surface area contributed by atoms with Gasteiger partial charge in [0.2, 0.25) is 11.8 Å². The highest BCUT2D eigenvalue weighted by Crippen LogP contribution is 2.29. The molecule has 2 saturated heterocycles. The highest BCUT2D eigenvalue weighted by atomic mass is 16.2. The standard InChI is InChI=1S/C17H23N3O2/c1-11(2)20-9-13(10-20)12-3-5-14(6-4-12)18-15-7-8-16(21)19-17(15)22/h3-6,11,13,15,18H,7-10H2,1-2H3,(H,19,21,22). The van der Waals surface area contributed by atoms with E-state index >= 15 is 0 Å². The summed E-state index contributed by atoms with van der Waals surface area (Å²) < 4.78 is 0. The molecule has 2 N–H and O–H groups in total. The zero-order chi connectivity index (χ0) is 15.7. The van der Waals surface area contributed by atoms with Crippen LogP contribution in [-0.4, -0.2) is 41.9 Å². The van der Waals surface area contributed by atoms with Crippen molar-refractivity contribution in [3.8, 4) is 0 Å². The molecule has 2 aliphatic heterocycles. The Kier molecular flexibility index (Phi) is 4.16. The summed E-state index contributed by atoms with van der Waals surface area (Å²) in [7, 11) is 0. The van der Waals surface area contributed by atoms with Crippen LogP contribution in [0.25, 0.3) is 0 Å². The number of rotatable bonds is 4. The summed E-state index contributed by atoms with van der Waals surface area (Å²) in [6.07, 6.45) is 0.951. The predicted octanol–water partition coefficient (Wildman–Crippen LogP) is 1.71. The van der Waals surface area contributed by atoms with Crippen molar-refractivity contribution >= 4 is 17.5 Å². The first-order valence-electron chi connectivity index (χ1n) is 7.97. The third-order valence-corrected chi connectivity index (χ3v) is 4.60. The number of nitrogens with zero attached hydrogens (tertiary/aromatic N) is 1. The summed E-state index contributed by atoms with van der Waals surface area (Å²) in [5.41, 5.74) is 2.28. The molecule has 2 fully saturated rings. The van der Waals surface area contributed by atoms with Crippen LogP contribution in [-0.2, 0) is 9.59 Å². The molecule has 5 heteroatoms. The molecule has 2 heterocycles. The molecule has 2 amide bonds. The molecule has 1 aromatic rings. The van der Waals surface area contributed by atoms with Gasteiger partial charge in [-0.1, -0.05) is 12.1 Å². The Morgan fingerprint density at radius 2 is 1.86 bits per heavy atom. The second kappa shape index (κ2) is 6.08. The molecular formula is C17H23N3O2. The van der Waals surface area contributed by atoms with Crippen molar-refractivity contribution in [1.29, 1.82) is 0 Å². The first-order valence-corrected chi connectivity index (χ1v) is 7.97. The quantitative estimate of drug-likeness (QED) is 0.831. The van der Waals surface area contributed by atoms with Crippen LogP contribution in [0.5, 0.6) is 0 Å². The molecule has 0 saturated carbocycles. The molecule has 1 unspecified atom stereocenters. The van der Waals surface area contributed by atoms with Crippen molar-refractivity contribution in [3.05, 3.63) is 29.8 Å². The SMILES string of the molecule is CC(C)N1CC(c2ccc(NC3CCC(=O)NC3=O)cc2)C1. The Labute approximate surface area is 131 Å². The molecule has 1 aromatic carbocycles. The van der Waals surface area contributed by atoms with E-state index in [1.54, 1.807) is 0 Å². The average Bonchev–Trinajstić information content (AvgIpc) is 2.42. The Bertz CT molecular complexity index is 562. The van der Waals surface area contributed by atoms with Gasteiger partial charge in [-0.25, -0.2) is 0 Å². The minimum atomic E-state index is -0.316. The minimum absolute atomic E-state index is 0.182. The second-order valence-corrected chi connectivity index (χ2v) is 6.51. The fourth-order valence-electron chi connectivity index (χ4n) is 3.03. The second-order valence-electron chi connectivity index (χ2n) is 6.51. The zero-order valence-electron chi connectivity index (χ0n) is 13.1. The Hall–Kier alpha value is -1.88. The van der Waals surface area contributed by atoms with Crippen molar-refractivity contribution in [3.63, 3.8) is 0 Å². The van der Waals surface area contributed by atoms with E-state index in [1.165, 1.54) is 5.56 Å². The first kappa shape index (κ1) is 15.0. The molecule has 0 spiro atoms. The van der Waals surface area contributed by atoms with E-state index in [1.807, 2.05) is 12.1 Å². The molecule has 0 bridgehead atoms. The molecule has 5 nitrogen and oxygen atoms in total. The number of hydrogen-bond acceptors (Lipinski definition) is 4. The van der Waals surface area contributed by atoms with Gasteiger partial charge < -0.3 is 5.32 Å². The van der Waals surface area contributed by atoms with Gasteiger partial charge in [-0.15, -0.1) is 0 Å². The smallest absolute Gasteiger partial charge is 0.249 e. The number of carbonyl (C=O) groups excluding carboxylic acids is 2. The number of carbonyl (C=O) groups is 2. The van der Waals surface area contributed by atoms with Crippen LogP contribution < -0.4 is 10.6 Å². The monoisotopic (exact) mass is 301 g/mol. The summed E-state index contributed by atoms with van der Waals surface area (Å²) >= 11 is 0. The molecule has 1 atom stereocenters. The molecule has 0 aromatic heterocycles. The number of hydrogen-bond donors (Lipinski definition) is 2. The van der Waals surface area contributed by atoms with Gasteiger partial charge in [-0.2, -0.15) is 0 Å². The third-order valence-electron chi connectivity index (χ3n) is 4.60. The maximum absolute atomic E-state index is 11.7. The van der Waals surface area contributed by atoms with E-state index in [0.29, 0.717) is 24.8 Å². The number of nitrogens with one attached hydrogen (secondary N) is 2. The maximum atomic E-state index is 11.7. The third kappa shape index (κ3) is 3.14. The summed E-state index contributed by atoms with van der Waals surface area (Å²) in [5, 5.41) is 5.57. The van der Waals surface area contributed by atoms with Gasteiger partial charge in [0.05, 0.1) is 0 Å². The number of piperidine rings is 1. The molecule has 0 radical (unpaired) electrons. The van der Waals surface area contributed by atoms with Crippen molar-refractivity contribution in [1.82, 2.24) is 10.2 Å². The number of imide groups is 1. The summed E-state index contributed by atoms with van der Waals surface area (Å²) in [4.78, 5) is 25.3. The normalized spacial score (nSPS) is 23.3. The summed E-state index contributed by atoms with van der Waals surface area (Å²) in [6, 6.07) is 8.62. The van der Waals surface area contributed by atoms with E-state index in [-0.39, 0.29) is 17.9 Å². The lowest BCUT2D eigenvalue weighted by Crippen LogP contribution is -2.48. The van der Waals surface area contributed by atoms with E-state index < -0.39 is 0 Å². The lowest BCUT2D eigenvalue weighted by Gasteiger charge is -2.42. The van der Waals surface area contributed by atoms with E-state index in [0.717, 1.165) is 18.8 Å². The van der Waals surface area contributed by atoms with E-state index in [4.69, 9.17) is 0 Å². The number of likely N-dealkylation sites (tertiary alicyclic amines) is 1. The molecule has 0 aliphatic carbocycles. The maximum Gasteiger partial charge on any atom is 0.249 e. The largest absolute Gasteiger partial charge is 0.374 e. The summed E-state index contributed by atoms with van der Waals surface area (Å²) in [6.45, 7) is 6.70. The predicted molar refractivity (Wildman–Crippen MR) is 85.7 cm³/mol. The van der Waals surface area contributed by atoms with Gasteiger partial charge in [0.25, 0.3) is 0 Å². The van der Waals surface area contributed by atoms with Crippen LogP contribution in [0, 0.1) is 0 Å². The zero-order valence-corrected chi connectivity index (χ0v) is 13.1. The van der Waals surface area contributed by atoms with Gasteiger partial charge >= 0.3 is 0 Å². The first-order chi connectivity index (χ1) is 10.5. The average molecular weight is 301 g/mol. The van der Waals surface area contributed by atoms with Crippen LogP contribution in [0.1, 0.15) is 38.2 Å². The molecule has 2 aliphatic rings. The van der Waals surface area contributed by atoms with Crippen LogP contribution in [0.3, 0.4) is 0 Å². The Morgan fingerprint density at radius 1 is 1.18 bits per heavy atom.